The van der Waals surface area contributed by atoms with Crippen molar-refractivity contribution in [2.24, 2.45) is 0 Å². The molecule has 9 aromatic rings. The van der Waals surface area contributed by atoms with E-state index in [1.807, 2.05) is 256 Å². The first-order chi connectivity index (χ1) is 30.9. The molecule has 0 aromatic heterocycles. The first-order valence-corrected chi connectivity index (χ1v) is 25.3. The molecule has 0 saturated heterocycles. The molecule has 6 heteroatoms. The molecule has 0 aliphatic carbocycles. The van der Waals surface area contributed by atoms with Crippen LogP contribution in [0.1, 0.15) is 26.3 Å². The van der Waals surface area contributed by atoms with Crippen LogP contribution in [0.2, 0.25) is 0 Å². The van der Waals surface area contributed by atoms with E-state index in [0.29, 0.717) is 0 Å². The molecule has 0 heterocycles. The van der Waals surface area contributed by atoms with E-state index < -0.39 is 25.6 Å². The summed E-state index contributed by atoms with van der Waals surface area (Å²) in [6.07, 6.45) is 0. The van der Waals surface area contributed by atoms with Crippen molar-refractivity contribution in [3.63, 3.8) is 0 Å². The molecule has 4 nitrogen and oxygen atoms in total. The van der Waals surface area contributed by atoms with Gasteiger partial charge >= 0.3 is 371 Å². The van der Waals surface area contributed by atoms with Crippen LogP contribution >= 0.6 is 13.7 Å². The van der Waals surface area contributed by atoms with E-state index >= 15 is 9.59 Å². The Labute approximate surface area is 369 Å². The van der Waals surface area contributed by atoms with Crippen LogP contribution in [0.4, 0.5) is 0 Å². The van der Waals surface area contributed by atoms with Gasteiger partial charge in [0, 0.05) is 0 Å². The Morgan fingerprint density at radius 1 is 0.286 bits per heavy atom. The molecule has 9 aromatic carbocycles. The summed E-state index contributed by atoms with van der Waals surface area (Å²) < 4.78 is 15.2. The van der Waals surface area contributed by atoms with E-state index in [-0.39, 0.29) is 11.1 Å². The van der Waals surface area contributed by atoms with Gasteiger partial charge in [0.15, 0.2) is 0 Å². The number of benzene rings is 9. The zero-order chi connectivity index (χ0) is 43.2. The summed E-state index contributed by atoms with van der Waals surface area (Å²) in [7, 11) is 0. The fraction of sp³-hybridized carbons (Fsp3) is 0.0175. The van der Waals surface area contributed by atoms with Crippen LogP contribution < -0.4 is 42.4 Å². The summed E-state index contributed by atoms with van der Waals surface area (Å²) in [6.45, 7) is -7.05. The van der Waals surface area contributed by atoms with Gasteiger partial charge in [0.25, 0.3) is 0 Å². The number of aryl methyl sites for hydroxylation is 1. The van der Waals surface area contributed by atoms with Crippen molar-refractivity contribution in [3.05, 3.63) is 278 Å². The Hall–Kier alpha value is -7.22. The van der Waals surface area contributed by atoms with Crippen LogP contribution in [0.25, 0.3) is 0 Å². The maximum atomic E-state index is 16.0. The normalized spacial score (nSPS) is 12.7. The van der Waals surface area contributed by atoms with Gasteiger partial charge in [-0.05, 0) is 0 Å². The monoisotopic (exact) mass is 856 g/mol. The average molecular weight is 857 g/mol. The van der Waals surface area contributed by atoms with Crippen molar-refractivity contribution in [2.45, 2.75) is 6.92 Å². The van der Waals surface area contributed by atoms with Gasteiger partial charge in [0.1, 0.15) is 0 Å². The van der Waals surface area contributed by atoms with Gasteiger partial charge in [0.05, 0.1) is 0 Å². The number of hydrogen-bond donors (Lipinski definition) is 0. The average Bonchev–Trinajstić information content (AvgIpc) is 3.37. The van der Waals surface area contributed by atoms with E-state index in [2.05, 4.69) is 0 Å². The number of carbonyl (C=O) groups is 2. The van der Waals surface area contributed by atoms with Crippen LogP contribution in [0.15, 0.2) is 261 Å². The molecule has 0 spiro atoms. The first kappa shape index (κ1) is 41.1. The van der Waals surface area contributed by atoms with Crippen LogP contribution in [0, 0.1) is 6.92 Å². The molecule has 308 valence electrons. The maximum absolute atomic E-state index is 16.0. The molecular formula is C57H46O4P2. The second kappa shape index (κ2) is 16.9. The third-order valence-corrected chi connectivity index (χ3v) is 23.5. The second-order valence-corrected chi connectivity index (χ2v) is 24.2. The van der Waals surface area contributed by atoms with Crippen molar-refractivity contribution in [2.75, 3.05) is 0 Å². The molecule has 63 heavy (non-hydrogen) atoms. The molecule has 0 saturated carbocycles. The van der Waals surface area contributed by atoms with Gasteiger partial charge in [-0.3, -0.25) is 0 Å². The zero-order valence-corrected chi connectivity index (χ0v) is 36.6. The van der Waals surface area contributed by atoms with Crippen molar-refractivity contribution in [3.8, 4) is 0 Å². The molecule has 0 amide bonds. The van der Waals surface area contributed by atoms with Gasteiger partial charge in [-0.2, -0.15) is 0 Å². The number of hydrogen-bond acceptors (Lipinski definition) is 4. The Morgan fingerprint density at radius 2 is 0.492 bits per heavy atom. The van der Waals surface area contributed by atoms with Crippen molar-refractivity contribution in [1.82, 2.24) is 0 Å². The zero-order valence-electron chi connectivity index (χ0n) is 34.9. The van der Waals surface area contributed by atoms with E-state index in [0.717, 1.165) is 48.0 Å². The Morgan fingerprint density at radius 3 is 0.714 bits per heavy atom. The minimum absolute atomic E-state index is 0.0946. The molecule has 0 fully saturated rings. The topological polar surface area (TPSA) is 52.6 Å². The molecule has 0 N–H and O–H groups in total. The van der Waals surface area contributed by atoms with Crippen LogP contribution in [-0.4, -0.2) is 11.9 Å². The minimum atomic E-state index is -4.49. The van der Waals surface area contributed by atoms with E-state index in [1.54, 1.807) is 12.1 Å². The second-order valence-electron chi connectivity index (χ2n) is 15.6. The number of carbonyl (C=O) groups excluding carboxylic acids is 2. The Balaban J connectivity index is 1.33. The van der Waals surface area contributed by atoms with Gasteiger partial charge in [-0.25, -0.2) is 0 Å². The molecule has 0 bridgehead atoms. The molecule has 0 radical (unpaired) electrons. The summed E-state index contributed by atoms with van der Waals surface area (Å²) in [5, 5.41) is 6.69. The quantitative estimate of drug-likeness (QED) is 0.115. The van der Waals surface area contributed by atoms with Crippen molar-refractivity contribution in [1.29, 1.82) is 0 Å². The van der Waals surface area contributed by atoms with E-state index in [1.165, 1.54) is 0 Å². The first-order valence-electron chi connectivity index (χ1n) is 21.0. The van der Waals surface area contributed by atoms with E-state index in [9.17, 15) is 0 Å². The molecular weight excluding hydrogens is 811 g/mol. The molecule has 0 atom stereocenters. The standard InChI is InChI=1S/C57H46O4P2/c1-45-42-43-54(56(58)60-62(46-26-10-2-11-27-46,47-28-12-3-13-29-47,48-30-14-4-15-31-48)49-32-16-5-17-33-49)55(44-45)57(59)61-63(50-34-18-6-19-35-50,51-36-20-7-21-37-51,52-38-22-8-23-39-52)53-40-24-9-25-41-53/h2-44H,1H3. The summed E-state index contributed by atoms with van der Waals surface area (Å²) in [4.78, 5) is 31.9. The van der Waals surface area contributed by atoms with Crippen LogP contribution in [0.5, 0.6) is 0 Å². The molecule has 0 unspecified atom stereocenters. The summed E-state index contributed by atoms with van der Waals surface area (Å²) in [5.41, 5.74) is 0.983. The summed E-state index contributed by atoms with van der Waals surface area (Å²) in [5.74, 6) is -1.30. The predicted molar refractivity (Wildman–Crippen MR) is 264 cm³/mol. The fourth-order valence-electron chi connectivity index (χ4n) is 9.35. The van der Waals surface area contributed by atoms with Gasteiger partial charge in [-0.15, -0.1) is 0 Å². The van der Waals surface area contributed by atoms with Gasteiger partial charge in [0.2, 0.25) is 0 Å². The van der Waals surface area contributed by atoms with Crippen molar-refractivity contribution < 1.29 is 18.6 Å². The Bertz CT molecular complexity index is 2650. The summed E-state index contributed by atoms with van der Waals surface area (Å²) in [6, 6.07) is 85.6. The third kappa shape index (κ3) is 6.45. The summed E-state index contributed by atoms with van der Waals surface area (Å²) >= 11 is 0. The fourth-order valence-corrected chi connectivity index (χ4v) is 20.6. The molecule has 0 aliphatic heterocycles. The van der Waals surface area contributed by atoms with Crippen LogP contribution in [-0.2, 0) is 9.05 Å². The van der Waals surface area contributed by atoms with Crippen LogP contribution in [0.3, 0.4) is 0 Å². The van der Waals surface area contributed by atoms with Gasteiger partial charge < -0.3 is 0 Å². The van der Waals surface area contributed by atoms with Crippen molar-refractivity contribution >= 4 is 68.0 Å². The molecule has 9 rings (SSSR count). The third-order valence-electron chi connectivity index (χ3n) is 12.1. The Kier molecular flexibility index (Phi) is 11.0. The predicted octanol–water partition coefficient (Wildman–Crippen LogP) is 9.85. The SMILES string of the molecule is Cc1ccc(C(=O)OP(c2ccccc2)(c2ccccc2)(c2ccccc2)c2ccccc2)c(C(=O)OP(c2ccccc2)(c2ccccc2)(c2ccccc2)c2ccccc2)c1. The number of rotatable bonds is 12. The van der Waals surface area contributed by atoms with E-state index in [4.69, 9.17) is 9.05 Å². The molecule has 0 aliphatic rings. The van der Waals surface area contributed by atoms with Gasteiger partial charge in [-0.1, -0.05) is 0 Å².